The van der Waals surface area contributed by atoms with E-state index in [4.69, 9.17) is 0 Å². The van der Waals surface area contributed by atoms with E-state index in [0.29, 0.717) is 12.2 Å². The van der Waals surface area contributed by atoms with Crippen molar-refractivity contribution >= 4 is 5.69 Å². The summed E-state index contributed by atoms with van der Waals surface area (Å²) < 4.78 is 38.0. The second kappa shape index (κ2) is 9.33. The number of rotatable bonds is 5. The number of aryl methyl sites for hydroxylation is 1. The van der Waals surface area contributed by atoms with Crippen LogP contribution in [-0.2, 0) is 6.54 Å². The van der Waals surface area contributed by atoms with E-state index in [9.17, 15) is 18.3 Å². The van der Waals surface area contributed by atoms with Crippen molar-refractivity contribution in [2.45, 2.75) is 39.6 Å². The summed E-state index contributed by atoms with van der Waals surface area (Å²) in [6, 6.07) is 16.5. The Morgan fingerprint density at radius 2 is 1.62 bits per heavy atom. The predicted molar refractivity (Wildman–Crippen MR) is 92.1 cm³/mol. The van der Waals surface area contributed by atoms with Crippen molar-refractivity contribution in [3.05, 3.63) is 65.7 Å². The molecule has 0 aromatic heterocycles. The maximum absolute atomic E-state index is 12.7. The molecule has 2 aromatic rings. The molecular weight excluding hydrogens is 315 g/mol. The quantitative estimate of drug-likeness (QED) is 0.833. The van der Waals surface area contributed by atoms with Crippen LogP contribution in [0.15, 0.2) is 54.6 Å². The van der Waals surface area contributed by atoms with Gasteiger partial charge in [-0.2, -0.15) is 13.2 Å². The lowest BCUT2D eigenvalue weighted by atomic mass is 10.1. The molecule has 1 atom stereocenters. The molecule has 0 aliphatic rings. The molecule has 0 saturated heterocycles. The molecule has 24 heavy (non-hydrogen) atoms. The van der Waals surface area contributed by atoms with E-state index in [-0.39, 0.29) is 0 Å². The first kappa shape index (κ1) is 20.0. The normalized spacial score (nSPS) is 12.1. The zero-order chi connectivity index (χ0) is 18.2. The molecule has 2 nitrogen and oxygen atoms in total. The van der Waals surface area contributed by atoms with E-state index in [1.54, 1.807) is 17.0 Å². The third-order valence-electron chi connectivity index (χ3n) is 3.35. The van der Waals surface area contributed by atoms with Gasteiger partial charge in [0.1, 0.15) is 0 Å². The third kappa shape index (κ3) is 6.24. The third-order valence-corrected chi connectivity index (χ3v) is 3.35. The van der Waals surface area contributed by atoms with Crippen LogP contribution in [-0.4, -0.2) is 23.9 Å². The zero-order valence-electron chi connectivity index (χ0n) is 14.2. The van der Waals surface area contributed by atoms with Gasteiger partial charge in [-0.15, -0.1) is 0 Å². The van der Waals surface area contributed by atoms with Gasteiger partial charge in [0, 0.05) is 12.2 Å². The summed E-state index contributed by atoms with van der Waals surface area (Å²) in [5.41, 5.74) is 2.50. The van der Waals surface area contributed by atoms with Gasteiger partial charge in [-0.25, -0.2) is 0 Å². The van der Waals surface area contributed by atoms with Crippen LogP contribution < -0.4 is 4.90 Å². The smallest absolute Gasteiger partial charge is 0.382 e. The van der Waals surface area contributed by atoms with Gasteiger partial charge < -0.3 is 10.0 Å². The number of halogens is 3. The van der Waals surface area contributed by atoms with Crippen LogP contribution in [0.4, 0.5) is 18.9 Å². The standard InChI is InChI=1S/C17H18F3NO.C2H6/c1-13-6-5-9-15(10-13)21(12-16(22)17(18,19)20)11-14-7-3-2-4-8-14;1-2/h2-10,16,22H,11-12H2,1H3;1-2H3/t16-;/m1./s1. The number of benzene rings is 2. The summed E-state index contributed by atoms with van der Waals surface area (Å²) in [6.45, 7) is 5.68. The Balaban J connectivity index is 0.00000139. The summed E-state index contributed by atoms with van der Waals surface area (Å²) in [4.78, 5) is 1.54. The SMILES string of the molecule is CC.Cc1cccc(N(Cc2ccccc2)C[C@@H](O)C(F)(F)F)c1. The molecule has 2 aromatic carbocycles. The van der Waals surface area contributed by atoms with Crippen molar-refractivity contribution in [2.24, 2.45) is 0 Å². The van der Waals surface area contributed by atoms with Crippen molar-refractivity contribution in [1.82, 2.24) is 0 Å². The summed E-state index contributed by atoms with van der Waals surface area (Å²) >= 11 is 0. The first-order valence-electron chi connectivity index (χ1n) is 7.96. The Morgan fingerprint density at radius 3 is 2.17 bits per heavy atom. The number of aliphatic hydroxyl groups is 1. The molecule has 2 rings (SSSR count). The Morgan fingerprint density at radius 1 is 1.00 bits per heavy atom. The van der Waals surface area contributed by atoms with E-state index in [1.165, 1.54) is 0 Å². The fraction of sp³-hybridized carbons (Fsp3) is 0.368. The molecule has 0 amide bonds. The summed E-state index contributed by atoms with van der Waals surface area (Å²) in [7, 11) is 0. The highest BCUT2D eigenvalue weighted by atomic mass is 19.4. The molecule has 132 valence electrons. The minimum Gasteiger partial charge on any atom is -0.382 e. The fourth-order valence-electron chi connectivity index (χ4n) is 2.20. The van der Waals surface area contributed by atoms with E-state index < -0.39 is 18.8 Å². The predicted octanol–water partition coefficient (Wildman–Crippen LogP) is 4.95. The molecule has 0 aliphatic heterocycles. The lowest BCUT2D eigenvalue weighted by Crippen LogP contribution is -2.40. The van der Waals surface area contributed by atoms with Crippen molar-refractivity contribution in [3.63, 3.8) is 0 Å². The molecule has 0 saturated carbocycles. The van der Waals surface area contributed by atoms with Crippen LogP contribution in [0.1, 0.15) is 25.0 Å². The molecule has 1 N–H and O–H groups in total. The molecule has 0 unspecified atom stereocenters. The first-order chi connectivity index (χ1) is 11.4. The Bertz CT molecular complexity index is 599. The largest absolute Gasteiger partial charge is 0.416 e. The van der Waals surface area contributed by atoms with E-state index >= 15 is 0 Å². The van der Waals surface area contributed by atoms with Gasteiger partial charge in [0.05, 0.1) is 6.54 Å². The van der Waals surface area contributed by atoms with Gasteiger partial charge in [0.25, 0.3) is 0 Å². The average molecular weight is 339 g/mol. The second-order valence-electron chi connectivity index (χ2n) is 5.26. The molecule has 0 aliphatic carbocycles. The number of aliphatic hydroxyl groups excluding tert-OH is 1. The fourth-order valence-corrected chi connectivity index (χ4v) is 2.20. The number of hydrogen-bond acceptors (Lipinski definition) is 2. The van der Waals surface area contributed by atoms with E-state index in [1.807, 2.05) is 63.2 Å². The Labute approximate surface area is 141 Å². The summed E-state index contributed by atoms with van der Waals surface area (Å²) in [5.74, 6) is 0. The Hall–Kier alpha value is -2.01. The number of anilines is 1. The van der Waals surface area contributed by atoms with Crippen LogP contribution >= 0.6 is 0 Å². The molecule has 0 heterocycles. The first-order valence-corrected chi connectivity index (χ1v) is 7.96. The van der Waals surface area contributed by atoms with Crippen LogP contribution in [0.5, 0.6) is 0 Å². The van der Waals surface area contributed by atoms with Crippen molar-refractivity contribution < 1.29 is 18.3 Å². The molecule has 5 heteroatoms. The number of hydrogen-bond donors (Lipinski definition) is 1. The van der Waals surface area contributed by atoms with Gasteiger partial charge in [0.15, 0.2) is 6.10 Å². The highest BCUT2D eigenvalue weighted by molar-refractivity contribution is 5.49. The summed E-state index contributed by atoms with van der Waals surface area (Å²) in [6.07, 6.45) is -7.00. The van der Waals surface area contributed by atoms with Gasteiger partial charge >= 0.3 is 6.18 Å². The zero-order valence-corrected chi connectivity index (χ0v) is 14.2. The molecular formula is C19H24F3NO. The number of alkyl halides is 3. The van der Waals surface area contributed by atoms with E-state index in [2.05, 4.69) is 0 Å². The lowest BCUT2D eigenvalue weighted by molar-refractivity contribution is -0.200. The van der Waals surface area contributed by atoms with Gasteiger partial charge in [-0.1, -0.05) is 56.3 Å². The minimum atomic E-state index is -4.63. The van der Waals surface area contributed by atoms with Crippen molar-refractivity contribution in [1.29, 1.82) is 0 Å². The number of nitrogens with zero attached hydrogens (tertiary/aromatic N) is 1. The molecule has 0 bridgehead atoms. The van der Waals surface area contributed by atoms with Gasteiger partial charge in [0.2, 0.25) is 0 Å². The van der Waals surface area contributed by atoms with Crippen molar-refractivity contribution in [2.75, 3.05) is 11.4 Å². The minimum absolute atomic E-state index is 0.303. The second-order valence-corrected chi connectivity index (χ2v) is 5.26. The average Bonchev–Trinajstić information content (AvgIpc) is 2.56. The molecule has 0 spiro atoms. The maximum atomic E-state index is 12.7. The van der Waals surface area contributed by atoms with Crippen molar-refractivity contribution in [3.8, 4) is 0 Å². The highest BCUT2D eigenvalue weighted by Gasteiger charge is 2.39. The van der Waals surface area contributed by atoms with Crippen LogP contribution in [0.3, 0.4) is 0 Å². The van der Waals surface area contributed by atoms with Crippen LogP contribution in [0, 0.1) is 6.92 Å². The highest BCUT2D eigenvalue weighted by Crippen LogP contribution is 2.25. The summed E-state index contributed by atoms with van der Waals surface area (Å²) in [5, 5.41) is 9.40. The van der Waals surface area contributed by atoms with Gasteiger partial charge in [-0.3, -0.25) is 0 Å². The molecule has 0 radical (unpaired) electrons. The lowest BCUT2D eigenvalue weighted by Gasteiger charge is -2.28. The monoisotopic (exact) mass is 339 g/mol. The van der Waals surface area contributed by atoms with Crippen LogP contribution in [0.2, 0.25) is 0 Å². The topological polar surface area (TPSA) is 23.5 Å². The van der Waals surface area contributed by atoms with Crippen LogP contribution in [0.25, 0.3) is 0 Å². The van der Waals surface area contributed by atoms with Gasteiger partial charge in [-0.05, 0) is 30.2 Å². The maximum Gasteiger partial charge on any atom is 0.416 e. The molecule has 0 fully saturated rings. The Kier molecular flexibility index (Phi) is 7.79. The van der Waals surface area contributed by atoms with E-state index in [0.717, 1.165) is 11.1 Å².